The molecule has 0 aliphatic rings. The van der Waals surface area contributed by atoms with Gasteiger partial charge in [-0.15, -0.1) is 11.8 Å². The summed E-state index contributed by atoms with van der Waals surface area (Å²) in [6, 6.07) is 8.26. The minimum Gasteiger partial charge on any atom is -0.467 e. The standard InChI is InChI=1S/C16H16ClNO4S/c1-10(14-4-3-7-21-14)18-15(19)9-22-16(20)12-8-11(23-2)5-6-13(12)17/h3-8,10H,9H2,1-2H3,(H,18,19)/t10-/m0/s1. The van der Waals surface area contributed by atoms with Crippen LogP contribution < -0.4 is 5.32 Å². The van der Waals surface area contributed by atoms with Crippen molar-refractivity contribution in [3.63, 3.8) is 0 Å². The van der Waals surface area contributed by atoms with Crippen molar-refractivity contribution in [2.24, 2.45) is 0 Å². The molecule has 0 aliphatic carbocycles. The molecule has 0 aliphatic heterocycles. The lowest BCUT2D eigenvalue weighted by atomic mass is 10.2. The highest BCUT2D eigenvalue weighted by Crippen LogP contribution is 2.23. The molecule has 23 heavy (non-hydrogen) atoms. The number of carbonyl (C=O) groups is 2. The molecule has 0 radical (unpaired) electrons. The van der Waals surface area contributed by atoms with Crippen molar-refractivity contribution >= 4 is 35.2 Å². The Hall–Kier alpha value is -1.92. The molecule has 0 fully saturated rings. The van der Waals surface area contributed by atoms with E-state index >= 15 is 0 Å². The van der Waals surface area contributed by atoms with Gasteiger partial charge in [0.15, 0.2) is 6.61 Å². The van der Waals surface area contributed by atoms with Gasteiger partial charge < -0.3 is 14.5 Å². The third-order valence-corrected chi connectivity index (χ3v) is 4.13. The number of ether oxygens (including phenoxy) is 1. The van der Waals surface area contributed by atoms with E-state index in [1.54, 1.807) is 31.2 Å². The fourth-order valence-corrected chi connectivity index (χ4v) is 2.52. The van der Waals surface area contributed by atoms with Crippen molar-refractivity contribution in [1.82, 2.24) is 5.32 Å². The summed E-state index contributed by atoms with van der Waals surface area (Å²) in [5.74, 6) is -0.425. The van der Waals surface area contributed by atoms with E-state index in [2.05, 4.69) is 5.32 Å². The minimum atomic E-state index is -0.633. The Bertz CT molecular complexity index is 687. The van der Waals surface area contributed by atoms with Gasteiger partial charge in [-0.3, -0.25) is 4.79 Å². The minimum absolute atomic E-state index is 0.241. The zero-order valence-corrected chi connectivity index (χ0v) is 14.2. The van der Waals surface area contributed by atoms with Crippen LogP contribution in [0.3, 0.4) is 0 Å². The summed E-state index contributed by atoms with van der Waals surface area (Å²) in [7, 11) is 0. The molecule has 1 atom stereocenters. The molecular weight excluding hydrogens is 338 g/mol. The van der Waals surface area contributed by atoms with Gasteiger partial charge in [-0.25, -0.2) is 4.79 Å². The average molecular weight is 354 g/mol. The monoisotopic (exact) mass is 353 g/mol. The summed E-state index contributed by atoms with van der Waals surface area (Å²) in [4.78, 5) is 24.7. The van der Waals surface area contributed by atoms with E-state index in [0.29, 0.717) is 5.76 Å². The molecule has 0 spiro atoms. The molecule has 1 heterocycles. The molecule has 5 nitrogen and oxygen atoms in total. The second kappa shape index (κ2) is 8.08. The number of nitrogens with one attached hydrogen (secondary N) is 1. The van der Waals surface area contributed by atoms with Crippen molar-refractivity contribution < 1.29 is 18.7 Å². The molecule has 0 bridgehead atoms. The summed E-state index contributed by atoms with van der Waals surface area (Å²) in [6.45, 7) is 1.39. The van der Waals surface area contributed by atoms with Crippen molar-refractivity contribution in [3.05, 3.63) is 52.9 Å². The van der Waals surface area contributed by atoms with E-state index in [0.717, 1.165) is 4.90 Å². The predicted molar refractivity (Wildman–Crippen MR) is 88.8 cm³/mol. The Labute approximate surface area is 143 Å². The van der Waals surface area contributed by atoms with Crippen molar-refractivity contribution in [2.75, 3.05) is 12.9 Å². The first kappa shape index (κ1) is 17.4. The van der Waals surface area contributed by atoms with Crippen LogP contribution in [-0.2, 0) is 9.53 Å². The molecule has 1 aromatic carbocycles. The van der Waals surface area contributed by atoms with Crippen LogP contribution in [0, 0.1) is 0 Å². The van der Waals surface area contributed by atoms with Gasteiger partial charge >= 0.3 is 5.97 Å². The summed E-state index contributed by atoms with van der Waals surface area (Å²) in [5.41, 5.74) is 0.241. The Balaban J connectivity index is 1.90. The summed E-state index contributed by atoms with van der Waals surface area (Å²) in [6.07, 6.45) is 3.42. The quantitative estimate of drug-likeness (QED) is 0.633. The number of benzene rings is 1. The number of rotatable bonds is 6. The number of carbonyl (C=O) groups excluding carboxylic acids is 2. The lowest BCUT2D eigenvalue weighted by Gasteiger charge is -2.12. The van der Waals surface area contributed by atoms with Crippen molar-refractivity contribution in [1.29, 1.82) is 0 Å². The molecule has 0 saturated carbocycles. The maximum Gasteiger partial charge on any atom is 0.340 e. The topological polar surface area (TPSA) is 68.5 Å². The number of esters is 1. The maximum atomic E-state index is 12.0. The lowest BCUT2D eigenvalue weighted by Crippen LogP contribution is -2.31. The maximum absolute atomic E-state index is 12.0. The fourth-order valence-electron chi connectivity index (χ4n) is 1.89. The van der Waals surface area contributed by atoms with Crippen LogP contribution in [-0.4, -0.2) is 24.7 Å². The highest BCUT2D eigenvalue weighted by molar-refractivity contribution is 7.98. The fraction of sp³-hybridized carbons (Fsp3) is 0.250. The molecule has 0 saturated heterocycles. The summed E-state index contributed by atoms with van der Waals surface area (Å²) >= 11 is 7.48. The molecule has 2 aromatic rings. The molecule has 1 amide bonds. The third kappa shape index (κ3) is 4.77. The van der Waals surface area contributed by atoms with Gasteiger partial charge in [0.1, 0.15) is 5.76 Å². The van der Waals surface area contributed by atoms with Crippen LogP contribution in [0.15, 0.2) is 45.9 Å². The first-order chi connectivity index (χ1) is 11.0. The van der Waals surface area contributed by atoms with Gasteiger partial charge in [0, 0.05) is 4.90 Å². The Morgan fingerprint density at radius 3 is 2.83 bits per heavy atom. The van der Waals surface area contributed by atoms with Crippen molar-refractivity contribution in [3.8, 4) is 0 Å². The smallest absolute Gasteiger partial charge is 0.340 e. The van der Waals surface area contributed by atoms with E-state index in [1.807, 2.05) is 12.3 Å². The number of furan rings is 1. The highest BCUT2D eigenvalue weighted by atomic mass is 35.5. The van der Waals surface area contributed by atoms with E-state index in [1.165, 1.54) is 18.0 Å². The van der Waals surface area contributed by atoms with E-state index in [-0.39, 0.29) is 23.2 Å². The Morgan fingerprint density at radius 2 is 2.17 bits per heavy atom. The molecule has 2 rings (SSSR count). The van der Waals surface area contributed by atoms with Gasteiger partial charge in [-0.2, -0.15) is 0 Å². The van der Waals surface area contributed by atoms with Gasteiger partial charge in [0.2, 0.25) is 0 Å². The van der Waals surface area contributed by atoms with E-state index in [4.69, 9.17) is 20.8 Å². The van der Waals surface area contributed by atoms with Gasteiger partial charge in [0.25, 0.3) is 5.91 Å². The average Bonchev–Trinajstić information content (AvgIpc) is 3.07. The summed E-state index contributed by atoms with van der Waals surface area (Å²) in [5, 5.41) is 2.97. The van der Waals surface area contributed by atoms with Gasteiger partial charge in [-0.05, 0) is 43.5 Å². The number of hydrogen-bond acceptors (Lipinski definition) is 5. The lowest BCUT2D eigenvalue weighted by molar-refractivity contribution is -0.125. The number of thioether (sulfide) groups is 1. The molecule has 122 valence electrons. The van der Waals surface area contributed by atoms with E-state index < -0.39 is 11.9 Å². The first-order valence-electron chi connectivity index (χ1n) is 6.84. The third-order valence-electron chi connectivity index (χ3n) is 3.08. The normalized spacial score (nSPS) is 11.8. The van der Waals surface area contributed by atoms with Gasteiger partial charge in [-0.1, -0.05) is 11.6 Å². The Morgan fingerprint density at radius 1 is 1.39 bits per heavy atom. The van der Waals surface area contributed by atoms with Crippen LogP contribution in [0.5, 0.6) is 0 Å². The van der Waals surface area contributed by atoms with Crippen molar-refractivity contribution in [2.45, 2.75) is 17.9 Å². The van der Waals surface area contributed by atoms with E-state index in [9.17, 15) is 9.59 Å². The van der Waals surface area contributed by atoms with Crippen LogP contribution in [0.25, 0.3) is 0 Å². The second-order valence-electron chi connectivity index (χ2n) is 4.73. The van der Waals surface area contributed by atoms with Crippen LogP contribution in [0.2, 0.25) is 5.02 Å². The second-order valence-corrected chi connectivity index (χ2v) is 6.01. The Kier molecular flexibility index (Phi) is 6.12. The van der Waals surface area contributed by atoms with Gasteiger partial charge in [0.05, 0.1) is 22.9 Å². The zero-order chi connectivity index (χ0) is 16.8. The first-order valence-corrected chi connectivity index (χ1v) is 8.45. The zero-order valence-electron chi connectivity index (χ0n) is 12.7. The van der Waals surface area contributed by atoms with Crippen LogP contribution >= 0.6 is 23.4 Å². The SMILES string of the molecule is CSc1ccc(Cl)c(C(=O)OCC(=O)N[C@@H](C)c2ccco2)c1. The molecule has 1 aromatic heterocycles. The number of hydrogen-bond donors (Lipinski definition) is 1. The molecule has 7 heteroatoms. The largest absolute Gasteiger partial charge is 0.467 e. The molecule has 0 unspecified atom stereocenters. The highest BCUT2D eigenvalue weighted by Gasteiger charge is 2.16. The van der Waals surface area contributed by atoms with Crippen LogP contribution in [0.1, 0.15) is 29.1 Å². The molecule has 1 N–H and O–H groups in total. The number of halogens is 1. The summed E-state index contributed by atoms with van der Waals surface area (Å²) < 4.78 is 10.2. The molecular formula is C16H16ClNO4S. The predicted octanol–water partition coefficient (Wildman–Crippen LogP) is 3.69. The number of amides is 1. The van der Waals surface area contributed by atoms with Crippen LogP contribution in [0.4, 0.5) is 0 Å².